The first-order valence-corrected chi connectivity index (χ1v) is 4.72. The highest BCUT2D eigenvalue weighted by Gasteiger charge is 2.07. The summed E-state index contributed by atoms with van der Waals surface area (Å²) in [4.78, 5) is 28.0. The number of azide groups is 1. The lowest BCUT2D eigenvalue weighted by Crippen LogP contribution is -2.29. The highest BCUT2D eigenvalue weighted by atomic mass is 16.2. The lowest BCUT2D eigenvalue weighted by atomic mass is 10.2. The largest absolute Gasteiger partial charge is 0.367 e. The van der Waals surface area contributed by atoms with Crippen molar-refractivity contribution in [3.05, 3.63) is 44.7 Å². The van der Waals surface area contributed by atoms with Crippen molar-refractivity contribution in [1.82, 2.24) is 10.3 Å². The Labute approximate surface area is 91.1 Å². The van der Waals surface area contributed by atoms with Crippen LogP contribution >= 0.6 is 0 Å². The number of carbonyl (C=O) groups excluding carboxylic acids is 1. The van der Waals surface area contributed by atoms with Gasteiger partial charge in [0.05, 0.1) is 0 Å². The second-order valence-electron chi connectivity index (χ2n) is 2.99. The molecule has 7 nitrogen and oxygen atoms in total. The van der Waals surface area contributed by atoms with Crippen LogP contribution in [-0.2, 0) is 0 Å². The van der Waals surface area contributed by atoms with Crippen molar-refractivity contribution >= 4 is 5.91 Å². The standard InChI is InChI=1S/C9H11N5O2/c10-14-13-4-1-3-12-9(16)7-6-11-5-2-8(7)15/h2,5-6H,1,3-4H2,(H,11,15)(H,12,16). The number of nitrogens with zero attached hydrogens (tertiary/aromatic N) is 3. The number of rotatable bonds is 5. The van der Waals surface area contributed by atoms with Crippen LogP contribution in [0.3, 0.4) is 0 Å². The van der Waals surface area contributed by atoms with E-state index in [0.29, 0.717) is 19.5 Å². The Balaban J connectivity index is 2.44. The lowest BCUT2D eigenvalue weighted by molar-refractivity contribution is 0.0952. The SMILES string of the molecule is [N-]=[N+]=NCCCNC(=O)c1c[nH]ccc1=O. The maximum atomic E-state index is 11.5. The normalized spacial score (nSPS) is 9.25. The zero-order valence-electron chi connectivity index (χ0n) is 8.51. The summed E-state index contributed by atoms with van der Waals surface area (Å²) in [5, 5.41) is 5.88. The number of carbonyl (C=O) groups is 1. The van der Waals surface area contributed by atoms with Crippen molar-refractivity contribution in [3.8, 4) is 0 Å². The maximum absolute atomic E-state index is 11.5. The molecule has 0 aromatic carbocycles. The van der Waals surface area contributed by atoms with Crippen LogP contribution < -0.4 is 10.7 Å². The first kappa shape index (κ1) is 11.8. The average Bonchev–Trinajstić information content (AvgIpc) is 2.29. The van der Waals surface area contributed by atoms with Gasteiger partial charge in [-0.25, -0.2) is 0 Å². The predicted octanol–water partition coefficient (Wildman–Crippen LogP) is 0.805. The molecule has 0 atom stereocenters. The number of amides is 1. The molecular formula is C9H11N5O2. The number of pyridine rings is 1. The summed E-state index contributed by atoms with van der Waals surface area (Å²) in [5.41, 5.74) is 7.76. The predicted molar refractivity (Wildman–Crippen MR) is 58.0 cm³/mol. The minimum Gasteiger partial charge on any atom is -0.367 e. The number of aromatic nitrogens is 1. The van der Waals surface area contributed by atoms with Gasteiger partial charge in [-0.05, 0) is 12.0 Å². The summed E-state index contributed by atoms with van der Waals surface area (Å²) < 4.78 is 0. The van der Waals surface area contributed by atoms with Crippen molar-refractivity contribution in [2.45, 2.75) is 6.42 Å². The molecule has 0 aliphatic heterocycles. The van der Waals surface area contributed by atoms with Gasteiger partial charge < -0.3 is 10.3 Å². The van der Waals surface area contributed by atoms with Gasteiger partial charge in [0.15, 0.2) is 5.43 Å². The number of H-pyrrole nitrogens is 1. The minimum absolute atomic E-state index is 0.0753. The van der Waals surface area contributed by atoms with Crippen LogP contribution in [0, 0.1) is 0 Å². The van der Waals surface area contributed by atoms with Gasteiger partial charge in [-0.1, -0.05) is 5.11 Å². The molecule has 1 aromatic rings. The van der Waals surface area contributed by atoms with E-state index < -0.39 is 5.91 Å². The minimum atomic E-state index is -0.428. The van der Waals surface area contributed by atoms with E-state index in [2.05, 4.69) is 20.3 Å². The van der Waals surface area contributed by atoms with Gasteiger partial charge in [-0.3, -0.25) is 9.59 Å². The van der Waals surface area contributed by atoms with E-state index in [0.717, 1.165) is 0 Å². The third-order valence-electron chi connectivity index (χ3n) is 1.85. The molecule has 0 aliphatic carbocycles. The monoisotopic (exact) mass is 221 g/mol. The molecule has 2 N–H and O–H groups in total. The Morgan fingerprint density at radius 2 is 2.44 bits per heavy atom. The molecule has 1 aromatic heterocycles. The molecule has 0 saturated heterocycles. The molecular weight excluding hydrogens is 210 g/mol. The van der Waals surface area contributed by atoms with Gasteiger partial charge in [-0.15, -0.1) is 0 Å². The molecule has 84 valence electrons. The fourth-order valence-corrected chi connectivity index (χ4v) is 1.09. The topological polar surface area (TPSA) is 111 Å². The van der Waals surface area contributed by atoms with E-state index in [1.807, 2.05) is 0 Å². The fraction of sp³-hybridized carbons (Fsp3) is 0.333. The Kier molecular flexibility index (Phi) is 4.62. The molecule has 0 radical (unpaired) electrons. The van der Waals surface area contributed by atoms with Gasteiger partial charge >= 0.3 is 0 Å². The molecule has 0 saturated carbocycles. The van der Waals surface area contributed by atoms with Crippen LogP contribution in [0.4, 0.5) is 0 Å². The first-order valence-electron chi connectivity index (χ1n) is 4.72. The lowest BCUT2D eigenvalue weighted by Gasteiger charge is -2.02. The summed E-state index contributed by atoms with van der Waals surface area (Å²) >= 11 is 0. The zero-order valence-corrected chi connectivity index (χ0v) is 8.51. The number of hydrogen-bond donors (Lipinski definition) is 2. The highest BCUT2D eigenvalue weighted by Crippen LogP contribution is 1.88. The molecule has 7 heteroatoms. The van der Waals surface area contributed by atoms with E-state index in [-0.39, 0.29) is 11.0 Å². The molecule has 0 unspecified atom stereocenters. The van der Waals surface area contributed by atoms with Crippen LogP contribution in [0.15, 0.2) is 28.4 Å². The molecule has 1 amide bonds. The van der Waals surface area contributed by atoms with E-state index >= 15 is 0 Å². The van der Waals surface area contributed by atoms with Gasteiger partial charge in [0.25, 0.3) is 5.91 Å². The molecule has 1 heterocycles. The Morgan fingerprint density at radius 1 is 1.62 bits per heavy atom. The number of hydrogen-bond acceptors (Lipinski definition) is 3. The van der Waals surface area contributed by atoms with E-state index in [1.54, 1.807) is 0 Å². The van der Waals surface area contributed by atoms with Crippen LogP contribution in [0.5, 0.6) is 0 Å². The van der Waals surface area contributed by atoms with E-state index in [4.69, 9.17) is 5.53 Å². The van der Waals surface area contributed by atoms with Gasteiger partial charge in [-0.2, -0.15) is 0 Å². The maximum Gasteiger partial charge on any atom is 0.256 e. The summed E-state index contributed by atoms with van der Waals surface area (Å²) in [6, 6.07) is 1.29. The number of nitrogens with one attached hydrogen (secondary N) is 2. The molecule has 0 fully saturated rings. The van der Waals surface area contributed by atoms with E-state index in [1.165, 1.54) is 18.5 Å². The van der Waals surface area contributed by atoms with Crippen molar-refractivity contribution in [1.29, 1.82) is 0 Å². The van der Waals surface area contributed by atoms with Gasteiger partial charge in [0.1, 0.15) is 5.56 Å². The Morgan fingerprint density at radius 3 is 3.12 bits per heavy atom. The van der Waals surface area contributed by atoms with Gasteiger partial charge in [0, 0.05) is 36.5 Å². The fourth-order valence-electron chi connectivity index (χ4n) is 1.09. The third kappa shape index (κ3) is 3.47. The molecule has 0 spiro atoms. The zero-order chi connectivity index (χ0) is 11.8. The Hall–Kier alpha value is -2.27. The summed E-state index contributed by atoms with van der Waals surface area (Å²) in [6.07, 6.45) is 3.35. The van der Waals surface area contributed by atoms with Crippen LogP contribution in [0.1, 0.15) is 16.8 Å². The molecule has 1 rings (SSSR count). The average molecular weight is 221 g/mol. The molecule has 0 aliphatic rings. The number of aromatic amines is 1. The summed E-state index contributed by atoms with van der Waals surface area (Å²) in [6.45, 7) is 0.689. The second-order valence-corrected chi connectivity index (χ2v) is 2.99. The van der Waals surface area contributed by atoms with Crippen molar-refractivity contribution in [2.24, 2.45) is 5.11 Å². The van der Waals surface area contributed by atoms with Crippen LogP contribution in [0.2, 0.25) is 0 Å². The smallest absolute Gasteiger partial charge is 0.256 e. The van der Waals surface area contributed by atoms with Crippen molar-refractivity contribution in [2.75, 3.05) is 13.1 Å². The molecule has 16 heavy (non-hydrogen) atoms. The second kappa shape index (κ2) is 6.26. The Bertz CT molecular complexity index is 461. The third-order valence-corrected chi connectivity index (χ3v) is 1.85. The van der Waals surface area contributed by atoms with Crippen molar-refractivity contribution in [3.63, 3.8) is 0 Å². The van der Waals surface area contributed by atoms with Crippen molar-refractivity contribution < 1.29 is 4.79 Å². The van der Waals surface area contributed by atoms with Crippen LogP contribution in [-0.4, -0.2) is 24.0 Å². The molecule has 0 bridgehead atoms. The van der Waals surface area contributed by atoms with Crippen LogP contribution in [0.25, 0.3) is 10.4 Å². The highest BCUT2D eigenvalue weighted by molar-refractivity contribution is 5.93. The van der Waals surface area contributed by atoms with E-state index in [9.17, 15) is 9.59 Å². The summed E-state index contributed by atoms with van der Waals surface area (Å²) in [5.74, 6) is -0.428. The quantitative estimate of drug-likeness (QED) is 0.332. The first-order chi connectivity index (χ1) is 7.75. The van der Waals surface area contributed by atoms with Gasteiger partial charge in [0.2, 0.25) is 0 Å². The summed E-state index contributed by atoms with van der Waals surface area (Å²) in [7, 11) is 0.